The molecule has 336 valence electrons. The third kappa shape index (κ3) is 29.9. The number of amides is 1. The number of ether oxygens (including phenoxy) is 2. The molecule has 6 N–H and O–H groups in total. The molecule has 9 heteroatoms. The summed E-state index contributed by atoms with van der Waals surface area (Å²) in [5, 5.41) is 53.7. The van der Waals surface area contributed by atoms with Crippen molar-refractivity contribution in [2.24, 2.45) is 0 Å². The van der Waals surface area contributed by atoms with Crippen molar-refractivity contribution in [2.45, 2.75) is 198 Å². The number of carbonyl (C=O) groups is 1. The average molecular weight is 826 g/mol. The maximum atomic E-state index is 12.8. The van der Waals surface area contributed by atoms with Crippen molar-refractivity contribution < 1.29 is 39.8 Å². The second-order valence-electron chi connectivity index (χ2n) is 15.5. The first kappa shape index (κ1) is 54.1. The minimum Gasteiger partial charge on any atom is -0.394 e. The predicted molar refractivity (Wildman–Crippen MR) is 244 cm³/mol. The van der Waals surface area contributed by atoms with Crippen molar-refractivity contribution in [3.63, 3.8) is 0 Å². The van der Waals surface area contributed by atoms with Crippen molar-refractivity contribution >= 4 is 5.91 Å². The molecule has 1 rings (SSSR count). The van der Waals surface area contributed by atoms with Crippen molar-refractivity contribution in [3.05, 3.63) is 97.2 Å². The third-order valence-electron chi connectivity index (χ3n) is 10.2. The van der Waals surface area contributed by atoms with Crippen LogP contribution in [0.2, 0.25) is 0 Å². The molecule has 9 nitrogen and oxygen atoms in total. The van der Waals surface area contributed by atoms with Crippen LogP contribution in [-0.4, -0.2) is 87.5 Å². The molecule has 0 aromatic carbocycles. The van der Waals surface area contributed by atoms with E-state index in [9.17, 15) is 30.3 Å². The summed E-state index contributed by atoms with van der Waals surface area (Å²) < 4.78 is 11.1. The Kier molecular flexibility index (Phi) is 36.0. The van der Waals surface area contributed by atoms with Gasteiger partial charge >= 0.3 is 0 Å². The number of aliphatic hydroxyl groups excluding tert-OH is 5. The number of hydrogen-bond acceptors (Lipinski definition) is 8. The fourth-order valence-electron chi connectivity index (χ4n) is 6.49. The quantitative estimate of drug-likeness (QED) is 0.0270. The molecule has 1 aliphatic heterocycles. The molecule has 1 heterocycles. The van der Waals surface area contributed by atoms with Gasteiger partial charge < -0.3 is 40.3 Å². The Bertz CT molecular complexity index is 1240. The van der Waals surface area contributed by atoms with Gasteiger partial charge in [-0.05, 0) is 77.0 Å². The van der Waals surface area contributed by atoms with E-state index in [2.05, 4.69) is 104 Å². The molecule has 0 aromatic heterocycles. The summed E-state index contributed by atoms with van der Waals surface area (Å²) in [4.78, 5) is 12.8. The SMILES string of the molecule is CC/C=C\C/C=C\C/C=C\C/C=C\C/C=C\C/C=C\C/C=C\CCCCCCCCCCCC(=O)NC(COC1OC(CO)C(O)C(O)C1O)C(O)/C=C/CCCCC. The number of rotatable bonds is 36. The molecule has 59 heavy (non-hydrogen) atoms. The molecule has 0 bridgehead atoms. The first-order valence-electron chi connectivity index (χ1n) is 23.0. The zero-order valence-electron chi connectivity index (χ0n) is 36.7. The Labute approximate surface area is 358 Å². The summed E-state index contributed by atoms with van der Waals surface area (Å²) in [5.74, 6) is -0.197. The molecule has 1 saturated heterocycles. The molecule has 1 amide bonds. The van der Waals surface area contributed by atoms with Crippen molar-refractivity contribution in [3.8, 4) is 0 Å². The molecule has 0 saturated carbocycles. The van der Waals surface area contributed by atoms with Crippen LogP contribution in [0.3, 0.4) is 0 Å². The smallest absolute Gasteiger partial charge is 0.220 e. The second-order valence-corrected chi connectivity index (χ2v) is 15.5. The third-order valence-corrected chi connectivity index (χ3v) is 10.2. The fraction of sp³-hybridized carbons (Fsp3) is 0.660. The standard InChI is InChI=1S/C50H83NO8/c1-3-5-7-9-10-11-12-13-14-15-16-17-18-19-20-21-22-23-24-25-26-27-28-29-30-31-32-33-34-36-38-40-46(54)51-43(44(53)39-37-35-8-6-4-2)42-58-50-49(57)48(56)47(55)45(41-52)59-50/h5,7,10-11,13-14,16-17,19-20,22-23,25-26,37,39,43-45,47-50,52-53,55-57H,3-4,6,8-9,12,15,18,21,24,27-36,38,40-42H2,1-2H3,(H,51,54)/b7-5-,11-10-,14-13-,17-16-,20-19-,23-22-,26-25-,39-37+. The van der Waals surface area contributed by atoms with Crippen LogP contribution in [0.15, 0.2) is 97.2 Å². The molecular formula is C50H83NO8. The zero-order valence-corrected chi connectivity index (χ0v) is 36.7. The number of aliphatic hydroxyl groups is 5. The van der Waals surface area contributed by atoms with E-state index in [0.717, 1.165) is 103 Å². The van der Waals surface area contributed by atoms with Gasteiger partial charge in [-0.3, -0.25) is 4.79 Å². The zero-order chi connectivity index (χ0) is 43.0. The van der Waals surface area contributed by atoms with E-state index in [4.69, 9.17) is 9.47 Å². The van der Waals surface area contributed by atoms with Crippen LogP contribution in [0.4, 0.5) is 0 Å². The minimum atomic E-state index is -1.57. The van der Waals surface area contributed by atoms with Gasteiger partial charge in [0.05, 0.1) is 25.4 Å². The first-order valence-corrected chi connectivity index (χ1v) is 23.0. The van der Waals surface area contributed by atoms with Gasteiger partial charge in [-0.15, -0.1) is 0 Å². The number of unbranched alkanes of at least 4 members (excludes halogenated alkanes) is 12. The summed E-state index contributed by atoms with van der Waals surface area (Å²) in [7, 11) is 0. The summed E-state index contributed by atoms with van der Waals surface area (Å²) >= 11 is 0. The van der Waals surface area contributed by atoms with E-state index < -0.39 is 49.5 Å². The van der Waals surface area contributed by atoms with E-state index in [1.54, 1.807) is 6.08 Å². The monoisotopic (exact) mass is 826 g/mol. The highest BCUT2D eigenvalue weighted by molar-refractivity contribution is 5.76. The molecule has 1 fully saturated rings. The van der Waals surface area contributed by atoms with Crippen LogP contribution >= 0.6 is 0 Å². The van der Waals surface area contributed by atoms with E-state index in [1.165, 1.54) is 32.1 Å². The number of allylic oxidation sites excluding steroid dienone is 15. The first-order chi connectivity index (χ1) is 28.8. The van der Waals surface area contributed by atoms with Crippen LogP contribution in [0.25, 0.3) is 0 Å². The van der Waals surface area contributed by atoms with Gasteiger partial charge in [0.2, 0.25) is 5.91 Å². The summed E-state index contributed by atoms with van der Waals surface area (Å²) in [6.45, 7) is 3.51. The Hall–Kier alpha value is -2.89. The van der Waals surface area contributed by atoms with Crippen LogP contribution < -0.4 is 5.32 Å². The summed E-state index contributed by atoms with van der Waals surface area (Å²) in [5.41, 5.74) is 0. The van der Waals surface area contributed by atoms with E-state index in [1.807, 2.05) is 6.08 Å². The van der Waals surface area contributed by atoms with Crippen molar-refractivity contribution in [1.29, 1.82) is 0 Å². The van der Waals surface area contributed by atoms with E-state index >= 15 is 0 Å². The van der Waals surface area contributed by atoms with Crippen LogP contribution in [-0.2, 0) is 14.3 Å². The summed E-state index contributed by atoms with van der Waals surface area (Å²) in [6, 6.07) is -0.810. The molecule has 0 spiro atoms. The summed E-state index contributed by atoms with van der Waals surface area (Å²) in [6.07, 6.45) is 49.4. The lowest BCUT2D eigenvalue weighted by Gasteiger charge is -2.40. The van der Waals surface area contributed by atoms with Crippen molar-refractivity contribution in [2.75, 3.05) is 13.2 Å². The lowest BCUT2D eigenvalue weighted by molar-refractivity contribution is -0.302. The van der Waals surface area contributed by atoms with Crippen LogP contribution in [0, 0.1) is 0 Å². The Balaban J connectivity index is 2.13. The van der Waals surface area contributed by atoms with Crippen molar-refractivity contribution in [1.82, 2.24) is 5.32 Å². The van der Waals surface area contributed by atoms with Gasteiger partial charge in [0.25, 0.3) is 0 Å². The van der Waals surface area contributed by atoms with Gasteiger partial charge in [0.1, 0.15) is 24.4 Å². The lowest BCUT2D eigenvalue weighted by atomic mass is 9.99. The Morgan fingerprint density at radius 3 is 1.56 bits per heavy atom. The maximum Gasteiger partial charge on any atom is 0.220 e. The normalized spacial score (nSPS) is 21.6. The van der Waals surface area contributed by atoms with Crippen LogP contribution in [0.5, 0.6) is 0 Å². The molecule has 0 aromatic rings. The highest BCUT2D eigenvalue weighted by Gasteiger charge is 2.44. The number of carbonyl (C=O) groups excluding carboxylic acids is 1. The molecular weight excluding hydrogens is 743 g/mol. The maximum absolute atomic E-state index is 12.8. The molecule has 0 aliphatic carbocycles. The van der Waals surface area contributed by atoms with Crippen LogP contribution in [0.1, 0.15) is 155 Å². The van der Waals surface area contributed by atoms with Gasteiger partial charge in [-0.1, -0.05) is 169 Å². The largest absolute Gasteiger partial charge is 0.394 e. The fourth-order valence-corrected chi connectivity index (χ4v) is 6.49. The molecule has 0 radical (unpaired) electrons. The molecule has 7 atom stereocenters. The number of hydrogen-bond donors (Lipinski definition) is 6. The molecule has 7 unspecified atom stereocenters. The van der Waals surface area contributed by atoms with E-state index in [0.29, 0.717) is 6.42 Å². The average Bonchev–Trinajstić information content (AvgIpc) is 3.23. The molecule has 1 aliphatic rings. The van der Waals surface area contributed by atoms with Gasteiger partial charge in [-0.2, -0.15) is 0 Å². The second kappa shape index (κ2) is 39.3. The van der Waals surface area contributed by atoms with Gasteiger partial charge in [0.15, 0.2) is 6.29 Å². The van der Waals surface area contributed by atoms with Gasteiger partial charge in [-0.25, -0.2) is 0 Å². The topological polar surface area (TPSA) is 149 Å². The lowest BCUT2D eigenvalue weighted by Crippen LogP contribution is -2.60. The van der Waals surface area contributed by atoms with E-state index in [-0.39, 0.29) is 12.5 Å². The van der Waals surface area contributed by atoms with Gasteiger partial charge in [0, 0.05) is 6.42 Å². The highest BCUT2D eigenvalue weighted by atomic mass is 16.7. The Morgan fingerprint density at radius 1 is 0.593 bits per heavy atom. The number of nitrogens with one attached hydrogen (secondary N) is 1. The minimum absolute atomic E-state index is 0.197. The predicted octanol–water partition coefficient (Wildman–Crippen LogP) is 9.72. The highest BCUT2D eigenvalue weighted by Crippen LogP contribution is 2.22. The Morgan fingerprint density at radius 2 is 1.05 bits per heavy atom.